The molecule has 0 aliphatic carbocycles. The Morgan fingerprint density at radius 2 is 2.00 bits per heavy atom. The lowest BCUT2D eigenvalue weighted by molar-refractivity contribution is 0.0636. The molecule has 0 unspecified atom stereocenters. The second-order valence-electron chi connectivity index (χ2n) is 6.51. The van der Waals surface area contributed by atoms with Crippen LogP contribution in [0.15, 0.2) is 0 Å². The summed E-state index contributed by atoms with van der Waals surface area (Å²) in [6.45, 7) is 7.80. The molecule has 8 nitrogen and oxygen atoms in total. The standard InChI is InChI=1S/C16H22N2O6S/c1-5-23-15(22)18-7-6-9-10(8-18)25-12(11(9)13(19)20)17-14(21)24-16(2,3)4/h5-8H2,1-4H3,(H,17,21)(H,19,20). The van der Waals surface area contributed by atoms with Crippen molar-refractivity contribution in [3.05, 3.63) is 16.0 Å². The molecular weight excluding hydrogens is 348 g/mol. The Hall–Kier alpha value is -2.29. The Bertz CT molecular complexity index is 692. The van der Waals surface area contributed by atoms with Crippen molar-refractivity contribution in [1.82, 2.24) is 4.90 Å². The van der Waals surface area contributed by atoms with Crippen molar-refractivity contribution < 1.29 is 29.0 Å². The fourth-order valence-electron chi connectivity index (χ4n) is 2.48. The predicted octanol–water partition coefficient (Wildman–Crippen LogP) is 3.31. The quantitative estimate of drug-likeness (QED) is 0.846. The van der Waals surface area contributed by atoms with Gasteiger partial charge in [0.05, 0.1) is 18.7 Å². The normalized spacial score (nSPS) is 13.8. The lowest BCUT2D eigenvalue weighted by Crippen LogP contribution is -2.36. The third-order valence-corrected chi connectivity index (χ3v) is 4.54. The van der Waals surface area contributed by atoms with E-state index in [-0.39, 0.29) is 23.7 Å². The van der Waals surface area contributed by atoms with E-state index in [4.69, 9.17) is 9.47 Å². The van der Waals surface area contributed by atoms with Crippen molar-refractivity contribution in [2.24, 2.45) is 0 Å². The molecule has 0 fully saturated rings. The van der Waals surface area contributed by atoms with Gasteiger partial charge >= 0.3 is 18.2 Å². The fraction of sp³-hybridized carbons (Fsp3) is 0.562. The summed E-state index contributed by atoms with van der Waals surface area (Å²) in [6.07, 6.45) is -0.752. The molecule has 0 aromatic carbocycles. The molecule has 0 bridgehead atoms. The van der Waals surface area contributed by atoms with Crippen LogP contribution in [0.3, 0.4) is 0 Å². The van der Waals surface area contributed by atoms with Gasteiger partial charge in [-0.2, -0.15) is 0 Å². The van der Waals surface area contributed by atoms with E-state index < -0.39 is 23.8 Å². The number of hydrogen-bond acceptors (Lipinski definition) is 6. The van der Waals surface area contributed by atoms with Gasteiger partial charge in [-0.25, -0.2) is 14.4 Å². The molecule has 1 aromatic heterocycles. The Kier molecular flexibility index (Phi) is 5.56. The minimum Gasteiger partial charge on any atom is -0.478 e. The second kappa shape index (κ2) is 7.30. The number of nitrogens with one attached hydrogen (secondary N) is 1. The van der Waals surface area contributed by atoms with Crippen LogP contribution in [0, 0.1) is 0 Å². The van der Waals surface area contributed by atoms with Gasteiger partial charge in [-0.15, -0.1) is 11.3 Å². The van der Waals surface area contributed by atoms with Crippen molar-refractivity contribution in [3.8, 4) is 0 Å². The first-order valence-corrected chi connectivity index (χ1v) is 8.73. The van der Waals surface area contributed by atoms with E-state index in [9.17, 15) is 19.5 Å². The van der Waals surface area contributed by atoms with E-state index in [1.807, 2.05) is 0 Å². The second-order valence-corrected chi connectivity index (χ2v) is 7.62. The van der Waals surface area contributed by atoms with Crippen molar-refractivity contribution in [2.75, 3.05) is 18.5 Å². The fourth-order valence-corrected chi connectivity index (χ4v) is 3.73. The van der Waals surface area contributed by atoms with Crippen molar-refractivity contribution in [1.29, 1.82) is 0 Å². The van der Waals surface area contributed by atoms with E-state index >= 15 is 0 Å². The maximum absolute atomic E-state index is 12.0. The minimum absolute atomic E-state index is 0.0642. The Morgan fingerprint density at radius 1 is 1.32 bits per heavy atom. The number of carbonyl (C=O) groups is 3. The molecule has 0 radical (unpaired) electrons. The van der Waals surface area contributed by atoms with Gasteiger partial charge in [0.1, 0.15) is 10.6 Å². The number of thiophene rings is 1. The third kappa shape index (κ3) is 4.62. The number of ether oxygens (including phenoxy) is 2. The number of carboxylic acids is 1. The van der Waals surface area contributed by atoms with Gasteiger partial charge in [-0.1, -0.05) is 0 Å². The smallest absolute Gasteiger partial charge is 0.412 e. The molecule has 2 heterocycles. The summed E-state index contributed by atoms with van der Waals surface area (Å²) in [6, 6.07) is 0. The molecule has 1 aliphatic rings. The van der Waals surface area contributed by atoms with Crippen LogP contribution in [0.4, 0.5) is 14.6 Å². The number of hydrogen-bond donors (Lipinski definition) is 2. The zero-order chi connectivity index (χ0) is 18.8. The third-order valence-electron chi connectivity index (χ3n) is 3.41. The molecular formula is C16H22N2O6S. The zero-order valence-electron chi connectivity index (χ0n) is 14.7. The number of anilines is 1. The number of aromatic carboxylic acids is 1. The van der Waals surface area contributed by atoms with Crippen LogP contribution in [0.5, 0.6) is 0 Å². The van der Waals surface area contributed by atoms with Gasteiger partial charge in [-0.3, -0.25) is 5.32 Å². The lowest BCUT2D eigenvalue weighted by atomic mass is 10.0. The topological polar surface area (TPSA) is 105 Å². The van der Waals surface area contributed by atoms with Gasteiger partial charge in [0.25, 0.3) is 0 Å². The summed E-state index contributed by atoms with van der Waals surface area (Å²) >= 11 is 1.14. The SMILES string of the molecule is CCOC(=O)N1CCc2c(sc(NC(=O)OC(C)(C)C)c2C(=O)O)C1. The Morgan fingerprint density at radius 3 is 2.56 bits per heavy atom. The van der Waals surface area contributed by atoms with Crippen LogP contribution in [0.2, 0.25) is 0 Å². The zero-order valence-corrected chi connectivity index (χ0v) is 15.5. The maximum atomic E-state index is 12.0. The van der Waals surface area contributed by atoms with E-state index in [1.54, 1.807) is 27.7 Å². The average molecular weight is 370 g/mol. The van der Waals surface area contributed by atoms with E-state index in [0.29, 0.717) is 18.5 Å². The molecule has 1 aliphatic heterocycles. The highest BCUT2D eigenvalue weighted by molar-refractivity contribution is 7.17. The number of carboxylic acid groups (broad SMARTS) is 1. The molecule has 1 aromatic rings. The molecule has 2 N–H and O–H groups in total. The Balaban J connectivity index is 2.24. The lowest BCUT2D eigenvalue weighted by Gasteiger charge is -2.26. The van der Waals surface area contributed by atoms with Crippen LogP contribution in [0.1, 0.15) is 48.5 Å². The van der Waals surface area contributed by atoms with Gasteiger partial charge in [0, 0.05) is 11.4 Å². The van der Waals surface area contributed by atoms with Crippen LogP contribution < -0.4 is 5.32 Å². The number of fused-ring (bicyclic) bond motifs is 1. The van der Waals surface area contributed by atoms with Crippen molar-refractivity contribution >= 4 is 34.5 Å². The Labute approximate surface area is 149 Å². The highest BCUT2D eigenvalue weighted by Gasteiger charge is 2.31. The maximum Gasteiger partial charge on any atom is 0.412 e. The van der Waals surface area contributed by atoms with Crippen LogP contribution >= 0.6 is 11.3 Å². The monoisotopic (exact) mass is 370 g/mol. The minimum atomic E-state index is -1.12. The largest absolute Gasteiger partial charge is 0.478 e. The van der Waals surface area contributed by atoms with Crippen molar-refractivity contribution in [3.63, 3.8) is 0 Å². The first-order chi connectivity index (χ1) is 11.6. The summed E-state index contributed by atoms with van der Waals surface area (Å²) in [5.41, 5.74) is 0.0175. The van der Waals surface area contributed by atoms with E-state index in [1.165, 1.54) is 4.90 Å². The summed E-state index contributed by atoms with van der Waals surface area (Å²) in [7, 11) is 0. The predicted molar refractivity (Wildman–Crippen MR) is 92.3 cm³/mol. The molecule has 0 saturated carbocycles. The summed E-state index contributed by atoms with van der Waals surface area (Å²) < 4.78 is 10.2. The molecule has 0 saturated heterocycles. The number of nitrogens with zero attached hydrogens (tertiary/aromatic N) is 1. The van der Waals surface area contributed by atoms with Gasteiger partial charge in [-0.05, 0) is 39.7 Å². The number of rotatable bonds is 3. The summed E-state index contributed by atoms with van der Waals surface area (Å²) in [5, 5.41) is 12.3. The molecule has 138 valence electrons. The summed E-state index contributed by atoms with van der Waals surface area (Å²) in [5.74, 6) is -1.12. The molecule has 2 amide bonds. The highest BCUT2D eigenvalue weighted by Crippen LogP contribution is 2.37. The highest BCUT2D eigenvalue weighted by atomic mass is 32.1. The number of carbonyl (C=O) groups excluding carboxylic acids is 2. The van der Waals surface area contributed by atoms with Crippen LogP contribution in [-0.4, -0.2) is 46.9 Å². The molecule has 0 spiro atoms. The van der Waals surface area contributed by atoms with E-state index in [2.05, 4.69) is 5.32 Å². The van der Waals surface area contributed by atoms with Gasteiger partial charge < -0.3 is 19.5 Å². The average Bonchev–Trinajstić information content (AvgIpc) is 2.81. The molecule has 0 atom stereocenters. The summed E-state index contributed by atoms with van der Waals surface area (Å²) in [4.78, 5) is 37.7. The first kappa shape index (κ1) is 19.0. The van der Waals surface area contributed by atoms with E-state index in [0.717, 1.165) is 16.2 Å². The van der Waals surface area contributed by atoms with Crippen LogP contribution in [-0.2, 0) is 22.4 Å². The van der Waals surface area contributed by atoms with Gasteiger partial charge in [0.2, 0.25) is 0 Å². The molecule has 2 rings (SSSR count). The van der Waals surface area contributed by atoms with Crippen molar-refractivity contribution in [2.45, 2.75) is 46.3 Å². The first-order valence-electron chi connectivity index (χ1n) is 7.92. The molecule has 25 heavy (non-hydrogen) atoms. The number of amides is 2. The molecule has 9 heteroatoms. The van der Waals surface area contributed by atoms with Crippen LogP contribution in [0.25, 0.3) is 0 Å². The van der Waals surface area contributed by atoms with Gasteiger partial charge in [0.15, 0.2) is 0 Å².